The molecule has 0 N–H and O–H groups in total. The fraction of sp³-hybridized carbons (Fsp3) is 0.100. The van der Waals surface area contributed by atoms with Crippen LogP contribution in [0.15, 0.2) is 78.9 Å². The maximum atomic E-state index is 5.84. The van der Waals surface area contributed by atoms with Gasteiger partial charge in [0.05, 0.1) is 0 Å². The van der Waals surface area contributed by atoms with Crippen molar-refractivity contribution >= 4 is 0 Å². The van der Waals surface area contributed by atoms with Crippen LogP contribution in [0.2, 0.25) is 0 Å². The molecule has 1 nitrogen and oxygen atoms in total. The maximum Gasteiger partial charge on any atom is 0.119 e. The molecule has 0 bridgehead atoms. The zero-order valence-electron chi connectivity index (χ0n) is 12.1. The molecule has 0 saturated heterocycles. The van der Waals surface area contributed by atoms with E-state index in [2.05, 4.69) is 67.6 Å². The van der Waals surface area contributed by atoms with E-state index in [1.165, 1.54) is 22.3 Å². The van der Waals surface area contributed by atoms with Crippen LogP contribution in [-0.4, -0.2) is 0 Å². The summed E-state index contributed by atoms with van der Waals surface area (Å²) in [5.74, 6) is 0.899. The highest BCUT2D eigenvalue weighted by Crippen LogP contribution is 2.22. The molecule has 0 spiro atoms. The Morgan fingerprint density at radius 3 is 2.14 bits per heavy atom. The summed E-state index contributed by atoms with van der Waals surface area (Å²) >= 11 is 0. The third-order valence-corrected chi connectivity index (χ3v) is 3.45. The van der Waals surface area contributed by atoms with Gasteiger partial charge in [0.2, 0.25) is 0 Å². The van der Waals surface area contributed by atoms with Gasteiger partial charge in [0.25, 0.3) is 0 Å². The van der Waals surface area contributed by atoms with E-state index in [-0.39, 0.29) is 0 Å². The Hall–Kier alpha value is -2.54. The van der Waals surface area contributed by atoms with Gasteiger partial charge in [-0.15, -0.1) is 0 Å². The minimum atomic E-state index is 0.604. The summed E-state index contributed by atoms with van der Waals surface area (Å²) in [4.78, 5) is 0. The lowest BCUT2D eigenvalue weighted by molar-refractivity contribution is 0.306. The largest absolute Gasteiger partial charge is 0.489 e. The van der Waals surface area contributed by atoms with Crippen LogP contribution in [0, 0.1) is 6.92 Å². The summed E-state index contributed by atoms with van der Waals surface area (Å²) in [7, 11) is 0. The third-order valence-electron chi connectivity index (χ3n) is 3.45. The predicted molar refractivity (Wildman–Crippen MR) is 87.4 cm³/mol. The summed E-state index contributed by atoms with van der Waals surface area (Å²) in [5.41, 5.74) is 4.89. The molecule has 104 valence electrons. The molecule has 0 atom stereocenters. The SMILES string of the molecule is Cc1cccc(COc2ccc(-c3ccccc3)cc2)c1. The molecule has 0 aliphatic heterocycles. The smallest absolute Gasteiger partial charge is 0.119 e. The molecule has 0 unspecified atom stereocenters. The molecule has 0 aliphatic carbocycles. The second kappa shape index (κ2) is 6.27. The monoisotopic (exact) mass is 274 g/mol. The summed E-state index contributed by atoms with van der Waals surface area (Å²) in [5, 5.41) is 0. The van der Waals surface area contributed by atoms with E-state index in [4.69, 9.17) is 4.74 Å². The molecular weight excluding hydrogens is 256 g/mol. The van der Waals surface area contributed by atoms with Crippen LogP contribution in [0.25, 0.3) is 11.1 Å². The molecule has 0 aliphatic rings. The number of rotatable bonds is 4. The Bertz CT molecular complexity index is 699. The van der Waals surface area contributed by atoms with Crippen molar-refractivity contribution in [3.05, 3.63) is 90.0 Å². The van der Waals surface area contributed by atoms with Gasteiger partial charge in [0.1, 0.15) is 12.4 Å². The van der Waals surface area contributed by atoms with Crippen LogP contribution in [0.4, 0.5) is 0 Å². The number of ether oxygens (including phenoxy) is 1. The zero-order valence-corrected chi connectivity index (χ0v) is 12.1. The summed E-state index contributed by atoms with van der Waals surface area (Å²) in [6.07, 6.45) is 0. The number of aryl methyl sites for hydroxylation is 1. The van der Waals surface area contributed by atoms with E-state index < -0.39 is 0 Å². The molecule has 0 fully saturated rings. The van der Waals surface area contributed by atoms with Gasteiger partial charge in [-0.05, 0) is 35.7 Å². The van der Waals surface area contributed by atoms with Crippen LogP contribution in [0.1, 0.15) is 11.1 Å². The van der Waals surface area contributed by atoms with Gasteiger partial charge in [0.15, 0.2) is 0 Å². The molecule has 0 radical (unpaired) electrons. The molecule has 3 aromatic carbocycles. The van der Waals surface area contributed by atoms with Crippen molar-refractivity contribution in [2.45, 2.75) is 13.5 Å². The lowest BCUT2D eigenvalue weighted by Crippen LogP contribution is -1.95. The van der Waals surface area contributed by atoms with Crippen molar-refractivity contribution in [3.63, 3.8) is 0 Å². The van der Waals surface area contributed by atoms with Gasteiger partial charge in [-0.1, -0.05) is 72.3 Å². The van der Waals surface area contributed by atoms with Gasteiger partial charge in [0, 0.05) is 0 Å². The Kier molecular flexibility index (Phi) is 4.02. The predicted octanol–water partition coefficient (Wildman–Crippen LogP) is 5.24. The summed E-state index contributed by atoms with van der Waals surface area (Å²) in [6, 6.07) is 27.0. The molecule has 3 aromatic rings. The molecule has 0 aromatic heterocycles. The van der Waals surface area contributed by atoms with E-state index >= 15 is 0 Å². The Balaban J connectivity index is 1.68. The van der Waals surface area contributed by atoms with Crippen LogP contribution in [0.5, 0.6) is 5.75 Å². The quantitative estimate of drug-likeness (QED) is 0.632. The summed E-state index contributed by atoms with van der Waals surface area (Å²) < 4.78 is 5.84. The lowest BCUT2D eigenvalue weighted by atomic mass is 10.1. The second-order valence-electron chi connectivity index (χ2n) is 5.17. The first kappa shape index (κ1) is 13.4. The van der Waals surface area contributed by atoms with Crippen molar-refractivity contribution in [1.29, 1.82) is 0 Å². The molecular formula is C20H18O. The Morgan fingerprint density at radius 1 is 0.714 bits per heavy atom. The highest BCUT2D eigenvalue weighted by Gasteiger charge is 1.99. The average Bonchev–Trinajstić information content (AvgIpc) is 2.54. The number of hydrogen-bond acceptors (Lipinski definition) is 1. The molecule has 1 heteroatoms. The van der Waals surface area contributed by atoms with E-state index in [0.717, 1.165) is 5.75 Å². The van der Waals surface area contributed by atoms with Crippen molar-refractivity contribution in [2.24, 2.45) is 0 Å². The van der Waals surface area contributed by atoms with Crippen molar-refractivity contribution in [3.8, 4) is 16.9 Å². The van der Waals surface area contributed by atoms with Gasteiger partial charge in [-0.25, -0.2) is 0 Å². The minimum Gasteiger partial charge on any atom is -0.489 e. The highest BCUT2D eigenvalue weighted by molar-refractivity contribution is 5.63. The number of benzene rings is 3. The van der Waals surface area contributed by atoms with Crippen LogP contribution in [0.3, 0.4) is 0 Å². The normalized spacial score (nSPS) is 10.3. The zero-order chi connectivity index (χ0) is 14.5. The van der Waals surface area contributed by atoms with E-state index in [1.54, 1.807) is 0 Å². The van der Waals surface area contributed by atoms with Crippen LogP contribution < -0.4 is 4.74 Å². The molecule has 0 amide bonds. The van der Waals surface area contributed by atoms with E-state index in [1.807, 2.05) is 18.2 Å². The van der Waals surface area contributed by atoms with E-state index in [9.17, 15) is 0 Å². The van der Waals surface area contributed by atoms with Crippen LogP contribution in [-0.2, 0) is 6.61 Å². The van der Waals surface area contributed by atoms with Gasteiger partial charge in [-0.3, -0.25) is 0 Å². The second-order valence-corrected chi connectivity index (χ2v) is 5.17. The first-order valence-corrected chi connectivity index (χ1v) is 7.15. The minimum absolute atomic E-state index is 0.604. The Labute approximate surface area is 125 Å². The van der Waals surface area contributed by atoms with Gasteiger partial charge in [-0.2, -0.15) is 0 Å². The van der Waals surface area contributed by atoms with Crippen molar-refractivity contribution in [2.75, 3.05) is 0 Å². The van der Waals surface area contributed by atoms with Gasteiger partial charge < -0.3 is 4.74 Å². The fourth-order valence-corrected chi connectivity index (χ4v) is 2.34. The number of hydrogen-bond donors (Lipinski definition) is 0. The van der Waals surface area contributed by atoms with Crippen molar-refractivity contribution < 1.29 is 4.74 Å². The molecule has 21 heavy (non-hydrogen) atoms. The van der Waals surface area contributed by atoms with E-state index in [0.29, 0.717) is 6.61 Å². The molecule has 3 rings (SSSR count). The van der Waals surface area contributed by atoms with Gasteiger partial charge >= 0.3 is 0 Å². The fourth-order valence-electron chi connectivity index (χ4n) is 2.34. The maximum absolute atomic E-state index is 5.84. The first-order valence-electron chi connectivity index (χ1n) is 7.15. The topological polar surface area (TPSA) is 9.23 Å². The van der Waals surface area contributed by atoms with Crippen LogP contribution >= 0.6 is 0 Å². The average molecular weight is 274 g/mol. The lowest BCUT2D eigenvalue weighted by Gasteiger charge is -2.08. The summed E-state index contributed by atoms with van der Waals surface area (Å²) in [6.45, 7) is 2.70. The Morgan fingerprint density at radius 2 is 1.43 bits per heavy atom. The third kappa shape index (κ3) is 3.51. The first-order chi connectivity index (χ1) is 10.3. The molecule has 0 heterocycles. The highest BCUT2D eigenvalue weighted by atomic mass is 16.5. The van der Waals surface area contributed by atoms with Crippen molar-refractivity contribution in [1.82, 2.24) is 0 Å². The standard InChI is InChI=1S/C20H18O/c1-16-6-5-7-17(14-16)15-21-20-12-10-19(11-13-20)18-8-3-2-4-9-18/h2-14H,15H2,1H3. The molecule has 0 saturated carbocycles.